The van der Waals surface area contributed by atoms with Crippen LogP contribution in [-0.4, -0.2) is 30.8 Å². The van der Waals surface area contributed by atoms with Crippen molar-refractivity contribution in [2.45, 2.75) is 38.7 Å². The molecule has 0 bridgehead atoms. The minimum Gasteiger partial charge on any atom is -0.474 e. The van der Waals surface area contributed by atoms with Crippen molar-refractivity contribution in [1.29, 1.82) is 0 Å². The average Bonchev–Trinajstić information content (AvgIpc) is 2.46. The minimum absolute atomic E-state index is 0.129. The van der Waals surface area contributed by atoms with Gasteiger partial charge in [0.1, 0.15) is 17.4 Å². The van der Waals surface area contributed by atoms with Gasteiger partial charge in [0.25, 0.3) is 0 Å². The molecule has 6 heteroatoms. The molecule has 4 nitrogen and oxygen atoms in total. The molecule has 1 unspecified atom stereocenters. The Morgan fingerprint density at radius 3 is 2.95 bits per heavy atom. The number of aromatic nitrogens is 1. The molecule has 0 amide bonds. The van der Waals surface area contributed by atoms with E-state index in [9.17, 15) is 0 Å². The van der Waals surface area contributed by atoms with Gasteiger partial charge in [-0.2, -0.15) is 4.98 Å². The summed E-state index contributed by atoms with van der Waals surface area (Å²) in [7, 11) is 0. The Kier molecular flexibility index (Phi) is 6.20. The van der Waals surface area contributed by atoms with E-state index in [4.69, 9.17) is 32.7 Å². The molecular weight excluding hydrogens is 299 g/mol. The molecule has 0 aliphatic carbocycles. The van der Waals surface area contributed by atoms with E-state index >= 15 is 0 Å². The maximum atomic E-state index is 6.11. The van der Waals surface area contributed by atoms with E-state index in [1.54, 1.807) is 6.07 Å². The molecule has 1 N–H and O–H groups in total. The minimum atomic E-state index is 0.129. The van der Waals surface area contributed by atoms with Gasteiger partial charge in [0.05, 0.1) is 11.1 Å². The lowest BCUT2D eigenvalue weighted by atomic mass is 10.1. The first-order chi connectivity index (χ1) is 9.70. The predicted molar refractivity (Wildman–Crippen MR) is 82.1 cm³/mol. The van der Waals surface area contributed by atoms with Crippen molar-refractivity contribution < 1.29 is 9.47 Å². The molecular formula is C14H20Cl2N2O2. The van der Waals surface area contributed by atoms with Crippen molar-refractivity contribution >= 4 is 29.0 Å². The van der Waals surface area contributed by atoms with E-state index in [0.29, 0.717) is 28.3 Å². The van der Waals surface area contributed by atoms with Gasteiger partial charge < -0.3 is 14.8 Å². The van der Waals surface area contributed by atoms with Crippen LogP contribution in [0.4, 0.5) is 5.82 Å². The molecule has 0 spiro atoms. The molecule has 1 fully saturated rings. The van der Waals surface area contributed by atoms with Crippen LogP contribution in [0.1, 0.15) is 32.6 Å². The first-order valence-corrected chi connectivity index (χ1v) is 7.80. The van der Waals surface area contributed by atoms with Crippen LogP contribution in [0.3, 0.4) is 0 Å². The largest absolute Gasteiger partial charge is 0.474 e. The first kappa shape index (κ1) is 15.7. The molecule has 1 aliphatic rings. The van der Waals surface area contributed by atoms with E-state index in [-0.39, 0.29) is 6.10 Å². The monoisotopic (exact) mass is 318 g/mol. The zero-order valence-corrected chi connectivity index (χ0v) is 13.1. The van der Waals surface area contributed by atoms with Gasteiger partial charge in [0.2, 0.25) is 5.88 Å². The van der Waals surface area contributed by atoms with E-state index in [2.05, 4.69) is 17.2 Å². The summed E-state index contributed by atoms with van der Waals surface area (Å²) in [6.07, 6.45) is 4.45. The van der Waals surface area contributed by atoms with Gasteiger partial charge >= 0.3 is 0 Å². The Morgan fingerprint density at radius 1 is 1.40 bits per heavy atom. The number of nitrogens with one attached hydrogen (secondary N) is 1. The zero-order chi connectivity index (χ0) is 14.4. The lowest BCUT2D eigenvalue weighted by Crippen LogP contribution is -2.26. The van der Waals surface area contributed by atoms with Gasteiger partial charge in [-0.1, -0.05) is 30.1 Å². The van der Waals surface area contributed by atoms with Crippen molar-refractivity contribution in [1.82, 2.24) is 4.98 Å². The summed E-state index contributed by atoms with van der Waals surface area (Å²) in [6, 6.07) is 1.66. The first-order valence-electron chi connectivity index (χ1n) is 7.05. The predicted octanol–water partition coefficient (Wildman–Crippen LogP) is 4.16. The highest BCUT2D eigenvalue weighted by Gasteiger charge is 2.16. The molecule has 2 rings (SSSR count). The summed E-state index contributed by atoms with van der Waals surface area (Å²) in [5, 5.41) is 4.08. The van der Waals surface area contributed by atoms with Crippen molar-refractivity contribution in [3.05, 3.63) is 16.1 Å². The summed E-state index contributed by atoms with van der Waals surface area (Å²) in [5.41, 5.74) is 0. The van der Waals surface area contributed by atoms with Gasteiger partial charge in [-0.15, -0.1) is 0 Å². The third-order valence-corrected chi connectivity index (χ3v) is 3.68. The van der Waals surface area contributed by atoms with Crippen LogP contribution in [0.2, 0.25) is 10.0 Å². The number of nitrogens with zero attached hydrogens (tertiary/aromatic N) is 1. The van der Waals surface area contributed by atoms with Crippen molar-refractivity contribution in [3.8, 4) is 5.88 Å². The van der Waals surface area contributed by atoms with Gasteiger partial charge in [-0.05, 0) is 31.7 Å². The van der Waals surface area contributed by atoms with Crippen LogP contribution < -0.4 is 10.1 Å². The van der Waals surface area contributed by atoms with Crippen molar-refractivity contribution in [2.75, 3.05) is 25.1 Å². The second-order valence-corrected chi connectivity index (χ2v) is 5.65. The van der Waals surface area contributed by atoms with E-state index < -0.39 is 0 Å². The smallest absolute Gasteiger partial charge is 0.234 e. The highest BCUT2D eigenvalue weighted by molar-refractivity contribution is 6.36. The molecule has 1 atom stereocenters. The van der Waals surface area contributed by atoms with Crippen LogP contribution in [0.25, 0.3) is 0 Å². The molecule has 2 heterocycles. The Bertz CT molecular complexity index is 437. The number of ether oxygens (including phenoxy) is 2. The molecule has 20 heavy (non-hydrogen) atoms. The number of pyridine rings is 1. The quantitative estimate of drug-likeness (QED) is 0.855. The molecule has 1 aromatic rings. The lowest BCUT2D eigenvalue weighted by molar-refractivity contribution is -0.0118. The van der Waals surface area contributed by atoms with Gasteiger partial charge in [-0.25, -0.2) is 0 Å². The SMILES string of the molecule is CCCNc1nc(OCC2CCCCO2)c(Cl)cc1Cl. The summed E-state index contributed by atoms with van der Waals surface area (Å²) >= 11 is 12.2. The number of anilines is 1. The lowest BCUT2D eigenvalue weighted by Gasteiger charge is -2.22. The second kappa shape index (κ2) is 7.91. The molecule has 1 aliphatic heterocycles. The molecule has 0 saturated carbocycles. The van der Waals surface area contributed by atoms with Crippen molar-refractivity contribution in [2.24, 2.45) is 0 Å². The Hall–Kier alpha value is -0.710. The fraction of sp³-hybridized carbons (Fsp3) is 0.643. The molecule has 0 radical (unpaired) electrons. The summed E-state index contributed by atoms with van der Waals surface area (Å²) in [4.78, 5) is 4.34. The summed E-state index contributed by atoms with van der Waals surface area (Å²) in [6.45, 7) is 4.16. The van der Waals surface area contributed by atoms with Gasteiger partial charge in [0.15, 0.2) is 0 Å². The molecule has 0 aromatic carbocycles. The maximum Gasteiger partial charge on any atom is 0.234 e. The Labute approximate surface area is 129 Å². The number of hydrogen-bond acceptors (Lipinski definition) is 4. The van der Waals surface area contributed by atoms with Crippen LogP contribution in [0.5, 0.6) is 5.88 Å². The zero-order valence-electron chi connectivity index (χ0n) is 11.6. The second-order valence-electron chi connectivity index (χ2n) is 4.83. The fourth-order valence-electron chi connectivity index (χ4n) is 2.03. The van der Waals surface area contributed by atoms with Gasteiger partial charge in [0, 0.05) is 13.2 Å². The van der Waals surface area contributed by atoms with Crippen LogP contribution >= 0.6 is 23.2 Å². The molecule has 112 valence electrons. The summed E-state index contributed by atoms with van der Waals surface area (Å²) in [5.74, 6) is 1.02. The van der Waals surface area contributed by atoms with Crippen LogP contribution in [0, 0.1) is 0 Å². The van der Waals surface area contributed by atoms with E-state index in [1.807, 2.05) is 0 Å². The highest BCUT2D eigenvalue weighted by Crippen LogP contribution is 2.31. The standard InChI is InChI=1S/C14H20Cl2N2O2/c1-2-6-17-13-11(15)8-12(16)14(18-13)20-9-10-5-3-4-7-19-10/h8,10H,2-7,9H2,1H3,(H,17,18). The highest BCUT2D eigenvalue weighted by atomic mass is 35.5. The number of halogens is 2. The van der Waals surface area contributed by atoms with Crippen molar-refractivity contribution in [3.63, 3.8) is 0 Å². The molecule has 1 aromatic heterocycles. The number of hydrogen-bond donors (Lipinski definition) is 1. The van der Waals surface area contributed by atoms with Crippen LogP contribution in [-0.2, 0) is 4.74 Å². The van der Waals surface area contributed by atoms with Crippen LogP contribution in [0.15, 0.2) is 6.07 Å². The maximum absolute atomic E-state index is 6.11. The average molecular weight is 319 g/mol. The normalized spacial score (nSPS) is 18.9. The third-order valence-electron chi connectivity index (χ3n) is 3.12. The fourth-order valence-corrected chi connectivity index (χ4v) is 2.51. The molecule has 1 saturated heterocycles. The number of rotatable bonds is 6. The summed E-state index contributed by atoms with van der Waals surface area (Å²) < 4.78 is 11.3. The Morgan fingerprint density at radius 2 is 2.25 bits per heavy atom. The topological polar surface area (TPSA) is 43.4 Å². The van der Waals surface area contributed by atoms with E-state index in [1.165, 1.54) is 6.42 Å². The third kappa shape index (κ3) is 4.40. The Balaban J connectivity index is 1.98. The van der Waals surface area contributed by atoms with Gasteiger partial charge in [-0.3, -0.25) is 0 Å². The van der Waals surface area contributed by atoms with E-state index in [0.717, 1.165) is 32.4 Å².